The molecule has 0 unspecified atom stereocenters. The molecule has 3 aromatic carbocycles. The molecule has 31 heavy (non-hydrogen) atoms. The minimum Gasteiger partial charge on any atom is -0.255 e. The fourth-order valence-electron chi connectivity index (χ4n) is 4.71. The maximum Gasteiger partial charge on any atom is 0.0880 e. The second-order valence-electron chi connectivity index (χ2n) is 10.0. The Labute approximate surface area is 188 Å². The molecule has 0 aliphatic rings. The molecule has 2 heterocycles. The van der Waals surface area contributed by atoms with Crippen molar-refractivity contribution in [3.63, 3.8) is 0 Å². The number of aromatic nitrogens is 1. The molecule has 0 atom stereocenters. The Hall–Kier alpha value is -2.71. The molecular weight excluding hydrogens is 394 g/mol. The highest BCUT2D eigenvalue weighted by Gasteiger charge is 2.20. The van der Waals surface area contributed by atoms with E-state index in [9.17, 15) is 0 Å². The zero-order valence-corrected chi connectivity index (χ0v) is 19.8. The Kier molecular flexibility index (Phi) is 4.86. The standard InChI is InChI=1S/C29H29NS/c1-18(2)15-20-10-8-12-25-26(20)23-13-14-30-27(28(23)31-25)21-16-19-9-6-7-11-22(19)24(17-21)29(3,4)5/h6-14,16-18H,15H2,1-5H3. The van der Waals surface area contributed by atoms with E-state index in [0.29, 0.717) is 5.92 Å². The maximum absolute atomic E-state index is 4.90. The zero-order chi connectivity index (χ0) is 21.8. The van der Waals surface area contributed by atoms with Crippen LogP contribution in [0.3, 0.4) is 0 Å². The number of hydrogen-bond donors (Lipinski definition) is 0. The van der Waals surface area contributed by atoms with Crippen molar-refractivity contribution in [2.45, 2.75) is 46.5 Å². The number of benzene rings is 3. The summed E-state index contributed by atoms with van der Waals surface area (Å²) in [6, 6.07) is 22.4. The van der Waals surface area contributed by atoms with Crippen LogP contribution in [0.15, 0.2) is 66.9 Å². The quantitative estimate of drug-likeness (QED) is 0.282. The molecule has 0 bridgehead atoms. The highest BCUT2D eigenvalue weighted by Crippen LogP contribution is 2.42. The molecule has 5 aromatic rings. The fourth-order valence-corrected chi connectivity index (χ4v) is 5.97. The van der Waals surface area contributed by atoms with E-state index in [4.69, 9.17) is 4.98 Å². The van der Waals surface area contributed by atoms with Gasteiger partial charge in [-0.2, -0.15) is 0 Å². The summed E-state index contributed by atoms with van der Waals surface area (Å²) in [5, 5.41) is 5.37. The van der Waals surface area contributed by atoms with Crippen LogP contribution in [0.4, 0.5) is 0 Å². The predicted octanol–water partition coefficient (Wildman–Crippen LogP) is 8.77. The Morgan fingerprint density at radius 3 is 2.48 bits per heavy atom. The lowest BCUT2D eigenvalue weighted by atomic mass is 9.82. The van der Waals surface area contributed by atoms with Crippen LogP contribution in [0, 0.1) is 5.92 Å². The Balaban J connectivity index is 1.81. The van der Waals surface area contributed by atoms with E-state index in [1.807, 2.05) is 17.5 Å². The van der Waals surface area contributed by atoms with Gasteiger partial charge < -0.3 is 0 Å². The third-order valence-corrected chi connectivity index (χ3v) is 7.25. The monoisotopic (exact) mass is 423 g/mol. The lowest BCUT2D eigenvalue weighted by Crippen LogP contribution is -2.12. The average molecular weight is 424 g/mol. The van der Waals surface area contributed by atoms with Gasteiger partial charge in [0.2, 0.25) is 0 Å². The zero-order valence-electron chi connectivity index (χ0n) is 19.0. The first-order valence-electron chi connectivity index (χ1n) is 11.2. The smallest absolute Gasteiger partial charge is 0.0880 e. The van der Waals surface area contributed by atoms with Crippen molar-refractivity contribution in [1.82, 2.24) is 4.98 Å². The van der Waals surface area contributed by atoms with Crippen molar-refractivity contribution in [2.75, 3.05) is 0 Å². The van der Waals surface area contributed by atoms with Gasteiger partial charge in [-0.05, 0) is 63.9 Å². The largest absolute Gasteiger partial charge is 0.255 e. The van der Waals surface area contributed by atoms with Crippen molar-refractivity contribution < 1.29 is 0 Å². The van der Waals surface area contributed by atoms with Crippen LogP contribution >= 0.6 is 11.3 Å². The molecule has 156 valence electrons. The van der Waals surface area contributed by atoms with Gasteiger partial charge in [0.1, 0.15) is 0 Å². The topological polar surface area (TPSA) is 12.9 Å². The van der Waals surface area contributed by atoms with Crippen molar-refractivity contribution in [3.8, 4) is 11.3 Å². The molecule has 0 spiro atoms. The summed E-state index contributed by atoms with van der Waals surface area (Å²) < 4.78 is 2.66. The summed E-state index contributed by atoms with van der Waals surface area (Å²) in [4.78, 5) is 4.90. The third-order valence-electron chi connectivity index (χ3n) is 6.07. The SMILES string of the molecule is CC(C)Cc1cccc2sc3c(-c4cc(C(C)(C)C)c5ccccc5c4)nccc3c12. The molecule has 0 aliphatic heterocycles. The summed E-state index contributed by atoms with van der Waals surface area (Å²) in [5.41, 5.74) is 5.20. The number of pyridine rings is 1. The predicted molar refractivity (Wildman–Crippen MR) is 137 cm³/mol. The number of hydrogen-bond acceptors (Lipinski definition) is 2. The number of rotatable bonds is 3. The molecule has 1 nitrogen and oxygen atoms in total. The van der Waals surface area contributed by atoms with Crippen LogP contribution < -0.4 is 0 Å². The summed E-state index contributed by atoms with van der Waals surface area (Å²) in [5.74, 6) is 0.636. The normalized spacial score (nSPS) is 12.5. The van der Waals surface area contributed by atoms with Gasteiger partial charge in [-0.3, -0.25) is 4.98 Å². The molecule has 5 rings (SSSR count). The van der Waals surface area contributed by atoms with Crippen LogP contribution in [0.1, 0.15) is 45.7 Å². The van der Waals surface area contributed by atoms with E-state index < -0.39 is 0 Å². The first kappa shape index (κ1) is 20.2. The van der Waals surface area contributed by atoms with Crippen LogP contribution in [0.25, 0.3) is 42.2 Å². The van der Waals surface area contributed by atoms with Crippen molar-refractivity contribution in [1.29, 1.82) is 0 Å². The van der Waals surface area contributed by atoms with E-state index in [1.165, 1.54) is 47.6 Å². The molecule has 0 aliphatic carbocycles. The van der Waals surface area contributed by atoms with E-state index in [1.54, 1.807) is 0 Å². The Morgan fingerprint density at radius 2 is 1.71 bits per heavy atom. The van der Waals surface area contributed by atoms with Gasteiger partial charge in [0.15, 0.2) is 0 Å². The molecular formula is C29H29NS. The summed E-state index contributed by atoms with van der Waals surface area (Å²) in [7, 11) is 0. The minimum atomic E-state index is 0.0636. The maximum atomic E-state index is 4.90. The Morgan fingerprint density at radius 1 is 0.903 bits per heavy atom. The fraction of sp³-hybridized carbons (Fsp3) is 0.276. The lowest BCUT2D eigenvalue weighted by molar-refractivity contribution is 0.596. The molecule has 0 radical (unpaired) electrons. The molecule has 0 saturated carbocycles. The number of fused-ring (bicyclic) bond motifs is 4. The van der Waals surface area contributed by atoms with Gasteiger partial charge in [-0.25, -0.2) is 0 Å². The van der Waals surface area contributed by atoms with E-state index >= 15 is 0 Å². The van der Waals surface area contributed by atoms with Crippen LogP contribution in [-0.2, 0) is 11.8 Å². The number of nitrogens with zero attached hydrogens (tertiary/aromatic N) is 1. The molecule has 0 saturated heterocycles. The highest BCUT2D eigenvalue weighted by atomic mass is 32.1. The third kappa shape index (κ3) is 3.53. The lowest BCUT2D eigenvalue weighted by Gasteiger charge is -2.22. The van der Waals surface area contributed by atoms with Gasteiger partial charge in [0.05, 0.1) is 10.4 Å². The van der Waals surface area contributed by atoms with Crippen LogP contribution in [0.5, 0.6) is 0 Å². The molecule has 0 amide bonds. The van der Waals surface area contributed by atoms with Gasteiger partial charge in [0.25, 0.3) is 0 Å². The van der Waals surface area contributed by atoms with Crippen molar-refractivity contribution in [3.05, 3.63) is 78.0 Å². The second kappa shape index (κ2) is 7.46. The summed E-state index contributed by atoms with van der Waals surface area (Å²) in [6.07, 6.45) is 3.09. The molecule has 2 heteroatoms. The van der Waals surface area contributed by atoms with Crippen molar-refractivity contribution in [2.24, 2.45) is 5.92 Å². The van der Waals surface area contributed by atoms with Gasteiger partial charge >= 0.3 is 0 Å². The average Bonchev–Trinajstić information content (AvgIpc) is 3.11. The van der Waals surface area contributed by atoms with Gasteiger partial charge in [-0.1, -0.05) is 71.0 Å². The minimum absolute atomic E-state index is 0.0636. The first-order chi connectivity index (χ1) is 14.8. The second-order valence-corrected chi connectivity index (χ2v) is 11.1. The van der Waals surface area contributed by atoms with Crippen molar-refractivity contribution >= 4 is 42.3 Å². The van der Waals surface area contributed by atoms with Crippen LogP contribution in [-0.4, -0.2) is 4.98 Å². The summed E-state index contributed by atoms with van der Waals surface area (Å²) >= 11 is 1.88. The Bertz CT molecular complexity index is 1420. The molecule has 0 N–H and O–H groups in total. The molecule has 2 aromatic heterocycles. The first-order valence-corrected chi connectivity index (χ1v) is 12.0. The van der Waals surface area contributed by atoms with Crippen LogP contribution in [0.2, 0.25) is 0 Å². The molecule has 0 fully saturated rings. The van der Waals surface area contributed by atoms with E-state index in [-0.39, 0.29) is 5.41 Å². The van der Waals surface area contributed by atoms with Gasteiger partial charge in [-0.15, -0.1) is 11.3 Å². The highest BCUT2D eigenvalue weighted by molar-refractivity contribution is 7.26. The van der Waals surface area contributed by atoms with Gasteiger partial charge in [0, 0.05) is 27.2 Å². The van der Waals surface area contributed by atoms with E-state index in [2.05, 4.69) is 95.3 Å². The summed E-state index contributed by atoms with van der Waals surface area (Å²) in [6.45, 7) is 11.5. The van der Waals surface area contributed by atoms with E-state index in [0.717, 1.165) is 12.1 Å². The number of thiophene rings is 1.